The van der Waals surface area contributed by atoms with Crippen LogP contribution in [0.25, 0.3) is 22.5 Å². The van der Waals surface area contributed by atoms with Crippen LogP contribution in [-0.4, -0.2) is 35.3 Å². The fourth-order valence-electron chi connectivity index (χ4n) is 3.61. The quantitative estimate of drug-likeness (QED) is 0.278. The highest BCUT2D eigenvalue weighted by molar-refractivity contribution is 8.00. The van der Waals surface area contributed by atoms with Crippen LogP contribution in [0.1, 0.15) is 18.1 Å². The normalized spacial score (nSPS) is 11.7. The molecule has 180 valence electrons. The average Bonchev–Trinajstić information content (AvgIpc) is 3.28. The monoisotopic (exact) mass is 487 g/mol. The summed E-state index contributed by atoms with van der Waals surface area (Å²) in [5.41, 5.74) is 6.83. The molecule has 0 radical (unpaired) electrons. The Kier molecular flexibility index (Phi) is 7.46. The molecule has 0 aliphatic heterocycles. The lowest BCUT2D eigenvalue weighted by Gasteiger charge is -2.14. The van der Waals surface area contributed by atoms with E-state index in [4.69, 9.17) is 14.5 Å². The van der Waals surface area contributed by atoms with E-state index in [9.17, 15) is 4.79 Å². The molecule has 0 saturated carbocycles. The van der Waals surface area contributed by atoms with Gasteiger partial charge < -0.3 is 19.8 Å². The van der Waals surface area contributed by atoms with Crippen molar-refractivity contribution in [3.63, 3.8) is 0 Å². The van der Waals surface area contributed by atoms with Crippen molar-refractivity contribution in [2.24, 2.45) is 0 Å². The van der Waals surface area contributed by atoms with Gasteiger partial charge in [0.05, 0.1) is 36.5 Å². The second-order valence-electron chi connectivity index (χ2n) is 8.31. The highest BCUT2D eigenvalue weighted by Crippen LogP contribution is 2.35. The van der Waals surface area contributed by atoms with Crippen molar-refractivity contribution >= 4 is 23.4 Å². The topological polar surface area (TPSA) is 76.2 Å². The standard InChI is InChI=1S/C28H29N3O3S/c1-17-6-10-20(11-7-17)25-26(21-12-8-18(2)9-13-21)31-28(30-25)35-19(3)27(32)29-23-15-14-22(33-4)16-24(23)34-5/h6-16,19H,1-5H3,(H,29,32)(H,30,31). The first kappa shape index (κ1) is 24.4. The van der Waals surface area contributed by atoms with Gasteiger partial charge in [-0.3, -0.25) is 4.79 Å². The lowest BCUT2D eigenvalue weighted by molar-refractivity contribution is -0.115. The molecular formula is C28H29N3O3S. The van der Waals surface area contributed by atoms with Gasteiger partial charge in [0.2, 0.25) is 5.91 Å². The number of hydrogen-bond donors (Lipinski definition) is 2. The number of amides is 1. The van der Waals surface area contributed by atoms with Crippen LogP contribution < -0.4 is 14.8 Å². The zero-order chi connectivity index (χ0) is 24.9. The van der Waals surface area contributed by atoms with Crippen LogP contribution in [0.4, 0.5) is 5.69 Å². The molecule has 0 bridgehead atoms. The van der Waals surface area contributed by atoms with Gasteiger partial charge in [-0.1, -0.05) is 71.4 Å². The summed E-state index contributed by atoms with van der Waals surface area (Å²) in [5, 5.41) is 3.23. The van der Waals surface area contributed by atoms with E-state index in [-0.39, 0.29) is 5.91 Å². The summed E-state index contributed by atoms with van der Waals surface area (Å²) in [4.78, 5) is 21.3. The van der Waals surface area contributed by atoms with Crippen molar-refractivity contribution in [1.82, 2.24) is 9.97 Å². The molecule has 2 N–H and O–H groups in total. The number of aromatic amines is 1. The van der Waals surface area contributed by atoms with Crippen LogP contribution >= 0.6 is 11.8 Å². The molecule has 4 rings (SSSR count). The summed E-state index contributed by atoms with van der Waals surface area (Å²) in [5.74, 6) is 1.05. The molecule has 35 heavy (non-hydrogen) atoms. The minimum Gasteiger partial charge on any atom is -0.497 e. The Morgan fingerprint density at radius 3 is 2.14 bits per heavy atom. The van der Waals surface area contributed by atoms with Crippen LogP contribution in [0.2, 0.25) is 0 Å². The molecule has 0 saturated heterocycles. The second-order valence-corrected chi connectivity index (χ2v) is 9.64. The first-order chi connectivity index (χ1) is 16.9. The molecule has 1 unspecified atom stereocenters. The average molecular weight is 488 g/mol. The number of aromatic nitrogens is 2. The fraction of sp³-hybridized carbons (Fsp3) is 0.214. The molecule has 0 aliphatic rings. The van der Waals surface area contributed by atoms with E-state index in [1.807, 2.05) is 6.92 Å². The predicted octanol–water partition coefficient (Wildman–Crippen LogP) is 6.50. The Bertz CT molecular complexity index is 1250. The smallest absolute Gasteiger partial charge is 0.237 e. The van der Waals surface area contributed by atoms with E-state index in [1.165, 1.54) is 22.9 Å². The maximum atomic E-state index is 13.0. The maximum Gasteiger partial charge on any atom is 0.237 e. The third-order valence-electron chi connectivity index (χ3n) is 5.67. The maximum absolute atomic E-state index is 13.0. The van der Waals surface area contributed by atoms with Gasteiger partial charge in [-0.05, 0) is 32.9 Å². The SMILES string of the molecule is COc1ccc(NC(=O)C(C)Sc2nc(-c3ccc(C)cc3)c(-c3ccc(C)cc3)[nH]2)c(OC)c1. The number of benzene rings is 3. The summed E-state index contributed by atoms with van der Waals surface area (Å²) in [7, 11) is 3.15. The molecule has 4 aromatic rings. The van der Waals surface area contributed by atoms with Crippen LogP contribution in [0.5, 0.6) is 11.5 Å². The summed E-state index contributed by atoms with van der Waals surface area (Å²) in [6, 6.07) is 21.9. The first-order valence-corrected chi connectivity index (χ1v) is 12.2. The van der Waals surface area contributed by atoms with Gasteiger partial charge in [-0.15, -0.1) is 0 Å². The molecule has 0 spiro atoms. The minimum absolute atomic E-state index is 0.149. The Labute approximate surface area is 210 Å². The van der Waals surface area contributed by atoms with Gasteiger partial charge in [0, 0.05) is 17.2 Å². The van der Waals surface area contributed by atoms with Gasteiger partial charge in [0.15, 0.2) is 5.16 Å². The van der Waals surface area contributed by atoms with Gasteiger partial charge in [0.1, 0.15) is 11.5 Å². The van der Waals surface area contributed by atoms with Crippen LogP contribution in [0, 0.1) is 13.8 Å². The number of thioether (sulfide) groups is 1. The zero-order valence-corrected chi connectivity index (χ0v) is 21.3. The molecule has 7 heteroatoms. The number of hydrogen-bond acceptors (Lipinski definition) is 5. The molecule has 1 atom stereocenters. The zero-order valence-electron chi connectivity index (χ0n) is 20.5. The van der Waals surface area contributed by atoms with E-state index in [0.717, 1.165) is 22.5 Å². The number of rotatable bonds is 8. The molecule has 0 fully saturated rings. The number of nitrogens with one attached hydrogen (secondary N) is 2. The summed E-state index contributed by atoms with van der Waals surface area (Å²) >= 11 is 1.38. The van der Waals surface area contributed by atoms with E-state index in [2.05, 4.69) is 72.7 Å². The van der Waals surface area contributed by atoms with Crippen molar-refractivity contribution in [2.45, 2.75) is 31.2 Å². The number of ether oxygens (including phenoxy) is 2. The van der Waals surface area contributed by atoms with E-state index >= 15 is 0 Å². The number of H-pyrrole nitrogens is 1. The largest absolute Gasteiger partial charge is 0.497 e. The molecule has 1 heterocycles. The fourth-order valence-corrected chi connectivity index (χ4v) is 4.42. The molecule has 6 nitrogen and oxygen atoms in total. The Morgan fingerprint density at radius 1 is 0.914 bits per heavy atom. The number of nitrogens with zero attached hydrogens (tertiary/aromatic N) is 1. The van der Waals surface area contributed by atoms with Crippen molar-refractivity contribution in [3.8, 4) is 34.0 Å². The molecule has 0 aliphatic carbocycles. The van der Waals surface area contributed by atoms with Gasteiger partial charge in [-0.25, -0.2) is 4.98 Å². The predicted molar refractivity (Wildman–Crippen MR) is 142 cm³/mol. The van der Waals surface area contributed by atoms with Crippen molar-refractivity contribution < 1.29 is 14.3 Å². The van der Waals surface area contributed by atoms with E-state index in [0.29, 0.717) is 22.3 Å². The molecule has 1 amide bonds. The second kappa shape index (κ2) is 10.7. The van der Waals surface area contributed by atoms with E-state index in [1.54, 1.807) is 32.4 Å². The molecular weight excluding hydrogens is 458 g/mol. The third kappa shape index (κ3) is 5.69. The Morgan fingerprint density at radius 2 is 1.54 bits per heavy atom. The lowest BCUT2D eigenvalue weighted by atomic mass is 10.0. The number of carbonyl (C=O) groups excluding carboxylic acids is 1. The number of anilines is 1. The summed E-state index contributed by atoms with van der Waals surface area (Å²) < 4.78 is 10.6. The number of aryl methyl sites for hydroxylation is 2. The van der Waals surface area contributed by atoms with Gasteiger partial charge in [-0.2, -0.15) is 0 Å². The highest BCUT2D eigenvalue weighted by atomic mass is 32.2. The first-order valence-electron chi connectivity index (χ1n) is 11.3. The number of methoxy groups -OCH3 is 2. The van der Waals surface area contributed by atoms with Crippen LogP contribution in [0.15, 0.2) is 71.9 Å². The van der Waals surface area contributed by atoms with Crippen LogP contribution in [0.3, 0.4) is 0 Å². The molecule has 3 aromatic carbocycles. The Balaban J connectivity index is 1.59. The summed E-state index contributed by atoms with van der Waals surface area (Å²) in [6.07, 6.45) is 0. The van der Waals surface area contributed by atoms with Crippen molar-refractivity contribution in [3.05, 3.63) is 77.9 Å². The number of carbonyl (C=O) groups is 1. The third-order valence-corrected chi connectivity index (χ3v) is 6.66. The number of imidazole rings is 1. The summed E-state index contributed by atoms with van der Waals surface area (Å²) in [6.45, 7) is 5.99. The van der Waals surface area contributed by atoms with Gasteiger partial charge in [0.25, 0.3) is 0 Å². The van der Waals surface area contributed by atoms with Gasteiger partial charge >= 0.3 is 0 Å². The minimum atomic E-state index is -0.398. The van der Waals surface area contributed by atoms with Crippen LogP contribution in [-0.2, 0) is 4.79 Å². The highest BCUT2D eigenvalue weighted by Gasteiger charge is 2.21. The van der Waals surface area contributed by atoms with Crippen molar-refractivity contribution in [1.29, 1.82) is 0 Å². The van der Waals surface area contributed by atoms with E-state index < -0.39 is 5.25 Å². The van der Waals surface area contributed by atoms with Crippen molar-refractivity contribution in [2.75, 3.05) is 19.5 Å². The Hall–Kier alpha value is -3.71. The molecule has 1 aromatic heterocycles. The lowest BCUT2D eigenvalue weighted by Crippen LogP contribution is -2.22.